The fourth-order valence-electron chi connectivity index (χ4n) is 7.23. The van der Waals surface area contributed by atoms with Crippen molar-refractivity contribution in [3.63, 3.8) is 0 Å². The Balaban J connectivity index is 1.34. The molecule has 1 saturated carbocycles. The fraction of sp³-hybridized carbons (Fsp3) is 0.467. The maximum atomic E-state index is 14.0. The van der Waals surface area contributed by atoms with E-state index in [-0.39, 0.29) is 29.9 Å². The number of aromatic nitrogens is 3. The minimum Gasteiger partial charge on any atom is -0.497 e. The number of hydrogen-bond acceptors (Lipinski definition) is 7. The first-order valence-corrected chi connectivity index (χ1v) is 13.7. The molecule has 6 rings (SSSR count). The van der Waals surface area contributed by atoms with Crippen LogP contribution in [-0.2, 0) is 16.8 Å². The van der Waals surface area contributed by atoms with E-state index in [1.807, 2.05) is 59.6 Å². The van der Waals surface area contributed by atoms with Crippen molar-refractivity contribution in [3.05, 3.63) is 60.3 Å². The number of amides is 1. The zero-order chi connectivity index (χ0) is 27.1. The molecular weight excluding hydrogens is 492 g/mol. The fourth-order valence-corrected chi connectivity index (χ4v) is 7.23. The van der Waals surface area contributed by atoms with E-state index in [0.29, 0.717) is 31.8 Å². The monoisotopic (exact) mass is 526 g/mol. The molecule has 2 fully saturated rings. The molecule has 9 heteroatoms. The number of carbonyl (C=O) groups is 1. The van der Waals surface area contributed by atoms with Crippen LogP contribution in [0, 0.1) is 29.2 Å². The van der Waals surface area contributed by atoms with Gasteiger partial charge in [-0.05, 0) is 79.3 Å². The second kappa shape index (κ2) is 10.0. The molecule has 2 aliphatic heterocycles. The number of methoxy groups -OCH3 is 1. The maximum absolute atomic E-state index is 14.0. The number of piperidine rings is 1. The predicted octanol–water partition coefficient (Wildman–Crippen LogP) is 3.81. The number of rotatable bonds is 6. The van der Waals surface area contributed by atoms with Gasteiger partial charge in [-0.2, -0.15) is 5.26 Å². The second-order valence-electron chi connectivity index (χ2n) is 11.2. The highest BCUT2D eigenvalue weighted by Crippen LogP contribution is 2.51. The summed E-state index contributed by atoms with van der Waals surface area (Å²) >= 11 is 0. The van der Waals surface area contributed by atoms with Crippen LogP contribution in [0.3, 0.4) is 0 Å². The lowest BCUT2D eigenvalue weighted by Gasteiger charge is -2.52. The van der Waals surface area contributed by atoms with Crippen molar-refractivity contribution in [3.8, 4) is 23.2 Å². The first-order valence-electron chi connectivity index (χ1n) is 13.7. The molecule has 3 aliphatic rings. The number of benzene rings is 2. The summed E-state index contributed by atoms with van der Waals surface area (Å²) in [6, 6.07) is 15.2. The number of carbonyl (C=O) groups excluding carboxylic acids is 1. The number of para-hydroxylation sites is 1. The van der Waals surface area contributed by atoms with Gasteiger partial charge >= 0.3 is 0 Å². The van der Waals surface area contributed by atoms with Crippen molar-refractivity contribution >= 4 is 11.6 Å². The number of anilines is 1. The summed E-state index contributed by atoms with van der Waals surface area (Å²) in [5.74, 6) is 1.43. The molecule has 0 bridgehead atoms. The molecule has 3 aromatic rings. The largest absolute Gasteiger partial charge is 0.497 e. The summed E-state index contributed by atoms with van der Waals surface area (Å²) in [6.07, 6.45) is 6.83. The van der Waals surface area contributed by atoms with E-state index < -0.39 is 5.41 Å². The summed E-state index contributed by atoms with van der Waals surface area (Å²) in [4.78, 5) is 15.8. The van der Waals surface area contributed by atoms with Crippen LogP contribution in [0.15, 0.2) is 54.7 Å². The molecule has 9 nitrogen and oxygen atoms in total. The van der Waals surface area contributed by atoms with Crippen LogP contribution in [0.5, 0.6) is 5.75 Å². The summed E-state index contributed by atoms with van der Waals surface area (Å²) in [5, 5.41) is 32.8. The van der Waals surface area contributed by atoms with Crippen LogP contribution in [0.4, 0.5) is 5.69 Å². The normalized spacial score (nSPS) is 29.7. The van der Waals surface area contributed by atoms with E-state index in [2.05, 4.69) is 28.7 Å². The zero-order valence-electron chi connectivity index (χ0n) is 22.3. The minimum absolute atomic E-state index is 0.0769. The lowest BCUT2D eigenvalue weighted by Crippen LogP contribution is -2.60. The van der Waals surface area contributed by atoms with Crippen LogP contribution in [0.25, 0.3) is 11.3 Å². The van der Waals surface area contributed by atoms with Gasteiger partial charge in [0.05, 0.1) is 30.9 Å². The summed E-state index contributed by atoms with van der Waals surface area (Å²) in [6.45, 7) is 3.20. The topological polar surface area (TPSA) is 116 Å². The third-order valence-electron chi connectivity index (χ3n) is 9.44. The average molecular weight is 527 g/mol. The zero-order valence-corrected chi connectivity index (χ0v) is 22.3. The molecule has 6 atom stereocenters. The standard InChI is InChI=1S/C30H34N6O3/c1-19-23-15-28(35(18-31)16-21(23)9-12-27(19)37)30(24-5-3-4-6-25(24)32-29(30)38)13-14-36-17-26(33-34-36)20-7-10-22(39-2)11-8-20/h3-8,10-11,17,19,21,23,27-28,37H,9,12-16H2,1-2H3,(H,32,38)/t19-,21+,23?,27+,28?,30+/m1/s1. The van der Waals surface area contributed by atoms with Gasteiger partial charge in [-0.25, -0.2) is 0 Å². The Morgan fingerprint density at radius 2 is 2.00 bits per heavy atom. The van der Waals surface area contributed by atoms with E-state index >= 15 is 0 Å². The maximum Gasteiger partial charge on any atom is 0.237 e. The van der Waals surface area contributed by atoms with E-state index in [0.717, 1.165) is 41.1 Å². The predicted molar refractivity (Wildman–Crippen MR) is 145 cm³/mol. The van der Waals surface area contributed by atoms with Gasteiger partial charge in [0, 0.05) is 24.3 Å². The molecule has 202 valence electrons. The van der Waals surface area contributed by atoms with Crippen LogP contribution >= 0.6 is 0 Å². The van der Waals surface area contributed by atoms with Gasteiger partial charge in [0.25, 0.3) is 0 Å². The van der Waals surface area contributed by atoms with E-state index in [1.54, 1.807) is 11.8 Å². The number of fused-ring (bicyclic) bond motifs is 2. The number of nitrogens with one attached hydrogen (secondary N) is 1. The van der Waals surface area contributed by atoms with E-state index in [9.17, 15) is 15.2 Å². The quantitative estimate of drug-likeness (QED) is 0.469. The highest BCUT2D eigenvalue weighted by molar-refractivity contribution is 6.07. The Hall–Kier alpha value is -3.90. The van der Waals surface area contributed by atoms with Gasteiger partial charge in [-0.3, -0.25) is 9.48 Å². The summed E-state index contributed by atoms with van der Waals surface area (Å²) in [5.41, 5.74) is 2.48. The Morgan fingerprint density at radius 1 is 1.21 bits per heavy atom. The first kappa shape index (κ1) is 25.4. The third kappa shape index (κ3) is 4.23. The number of nitrogens with zero attached hydrogens (tertiary/aromatic N) is 5. The van der Waals surface area contributed by atoms with E-state index in [4.69, 9.17) is 4.74 Å². The van der Waals surface area contributed by atoms with Gasteiger partial charge < -0.3 is 20.1 Å². The van der Waals surface area contributed by atoms with Gasteiger partial charge in [-0.1, -0.05) is 30.3 Å². The molecule has 0 radical (unpaired) electrons. The molecular formula is C30H34N6O3. The Labute approximate surface area is 228 Å². The van der Waals surface area contributed by atoms with Crippen molar-refractivity contribution in [1.29, 1.82) is 5.26 Å². The minimum atomic E-state index is -0.925. The van der Waals surface area contributed by atoms with Crippen LogP contribution in [-0.4, -0.2) is 56.7 Å². The molecule has 1 saturated heterocycles. The van der Waals surface area contributed by atoms with E-state index in [1.165, 1.54) is 0 Å². The highest BCUT2D eigenvalue weighted by atomic mass is 16.5. The molecule has 39 heavy (non-hydrogen) atoms. The number of ether oxygens (including phenoxy) is 1. The van der Waals surface area contributed by atoms with Crippen LogP contribution in [0.1, 0.15) is 38.2 Å². The molecule has 2 N–H and O–H groups in total. The molecule has 3 heterocycles. The van der Waals surface area contributed by atoms with Crippen molar-refractivity contribution < 1.29 is 14.6 Å². The van der Waals surface area contributed by atoms with Gasteiger partial charge in [0.2, 0.25) is 5.91 Å². The Bertz CT molecular complexity index is 1400. The SMILES string of the molecule is COc1ccc(-c2cn(CC[C@]3(C4CC5[C@@H](CC[C@H](O)[C@@H]5C)CN4C#N)C(=O)Nc4ccccc43)nn2)cc1. The lowest BCUT2D eigenvalue weighted by molar-refractivity contribution is -0.126. The molecule has 2 aromatic carbocycles. The number of aliphatic hydroxyl groups excluding tert-OH is 1. The lowest BCUT2D eigenvalue weighted by atomic mass is 9.61. The van der Waals surface area contributed by atoms with Gasteiger partial charge in [-0.15, -0.1) is 5.10 Å². The third-order valence-corrected chi connectivity index (χ3v) is 9.44. The van der Waals surface area contributed by atoms with Gasteiger partial charge in [0.1, 0.15) is 11.4 Å². The molecule has 2 unspecified atom stereocenters. The first-order chi connectivity index (χ1) is 18.9. The highest BCUT2D eigenvalue weighted by Gasteiger charge is 2.57. The number of aliphatic hydroxyl groups is 1. The Kier molecular flexibility index (Phi) is 6.51. The van der Waals surface area contributed by atoms with Crippen molar-refractivity contribution in [1.82, 2.24) is 19.9 Å². The van der Waals surface area contributed by atoms with Crippen LogP contribution in [0.2, 0.25) is 0 Å². The molecule has 1 aromatic heterocycles. The van der Waals surface area contributed by atoms with Crippen LogP contribution < -0.4 is 10.1 Å². The van der Waals surface area contributed by atoms with Crippen molar-refractivity contribution in [2.24, 2.45) is 17.8 Å². The summed E-state index contributed by atoms with van der Waals surface area (Å²) < 4.78 is 7.04. The van der Waals surface area contributed by atoms with Crippen molar-refractivity contribution in [2.45, 2.75) is 56.7 Å². The Morgan fingerprint density at radius 3 is 2.77 bits per heavy atom. The summed E-state index contributed by atoms with van der Waals surface area (Å²) in [7, 11) is 1.63. The van der Waals surface area contributed by atoms with Gasteiger partial charge in [0.15, 0.2) is 6.19 Å². The van der Waals surface area contributed by atoms with Crippen molar-refractivity contribution in [2.75, 3.05) is 19.0 Å². The number of hydrogen-bond donors (Lipinski definition) is 2. The molecule has 1 amide bonds. The molecule has 0 spiro atoms. The molecule has 1 aliphatic carbocycles. The number of aryl methyl sites for hydroxylation is 1. The smallest absolute Gasteiger partial charge is 0.237 e. The number of nitriles is 1. The average Bonchev–Trinajstić information content (AvgIpc) is 3.56. The second-order valence-corrected chi connectivity index (χ2v) is 11.2. The number of likely N-dealkylation sites (tertiary alicyclic amines) is 1.